The minimum absolute atomic E-state index is 0.0426. The number of ether oxygens (including phenoxy) is 1. The highest BCUT2D eigenvalue weighted by molar-refractivity contribution is 7.89. The molecule has 2 aromatic carbocycles. The van der Waals surface area contributed by atoms with Gasteiger partial charge >= 0.3 is 5.97 Å². The third-order valence-electron chi connectivity index (χ3n) is 4.67. The molecular formula is C19H20ClFN2O4S. The van der Waals surface area contributed by atoms with Crippen LogP contribution < -0.4 is 0 Å². The molecule has 1 heterocycles. The van der Waals surface area contributed by atoms with Crippen LogP contribution in [0.25, 0.3) is 0 Å². The molecule has 0 unspecified atom stereocenters. The van der Waals surface area contributed by atoms with E-state index >= 15 is 0 Å². The molecule has 28 heavy (non-hydrogen) atoms. The summed E-state index contributed by atoms with van der Waals surface area (Å²) in [5.41, 5.74) is 0.586. The first kappa shape index (κ1) is 20.7. The van der Waals surface area contributed by atoms with Crippen LogP contribution in [-0.2, 0) is 21.3 Å². The van der Waals surface area contributed by atoms with E-state index in [2.05, 4.69) is 4.74 Å². The summed E-state index contributed by atoms with van der Waals surface area (Å²) in [6.45, 7) is 1.73. The zero-order valence-corrected chi connectivity index (χ0v) is 16.8. The van der Waals surface area contributed by atoms with Gasteiger partial charge in [-0.3, -0.25) is 4.90 Å². The van der Waals surface area contributed by atoms with Crippen molar-refractivity contribution in [2.24, 2.45) is 0 Å². The van der Waals surface area contributed by atoms with E-state index < -0.39 is 16.0 Å². The lowest BCUT2D eigenvalue weighted by molar-refractivity contribution is 0.0600. The van der Waals surface area contributed by atoms with Crippen molar-refractivity contribution in [1.82, 2.24) is 9.21 Å². The summed E-state index contributed by atoms with van der Waals surface area (Å²) < 4.78 is 45.8. The molecule has 0 N–H and O–H groups in total. The van der Waals surface area contributed by atoms with Crippen molar-refractivity contribution in [2.75, 3.05) is 33.3 Å². The molecule has 0 radical (unpaired) electrons. The zero-order valence-electron chi connectivity index (χ0n) is 15.3. The quantitative estimate of drug-likeness (QED) is 0.688. The molecule has 9 heteroatoms. The number of hydrogen-bond donors (Lipinski definition) is 0. The number of carbonyl (C=O) groups is 1. The van der Waals surface area contributed by atoms with Gasteiger partial charge in [0.25, 0.3) is 0 Å². The summed E-state index contributed by atoms with van der Waals surface area (Å²) in [7, 11) is -2.50. The van der Waals surface area contributed by atoms with Gasteiger partial charge in [0, 0.05) is 43.3 Å². The fourth-order valence-electron chi connectivity index (χ4n) is 3.09. The van der Waals surface area contributed by atoms with Crippen LogP contribution in [0.5, 0.6) is 0 Å². The molecule has 0 spiro atoms. The van der Waals surface area contributed by atoms with E-state index in [-0.39, 0.29) is 29.4 Å². The Bertz CT molecular complexity index is 955. The fourth-order valence-corrected chi connectivity index (χ4v) is 4.78. The monoisotopic (exact) mass is 426 g/mol. The molecule has 1 saturated heterocycles. The Morgan fingerprint density at radius 2 is 1.82 bits per heavy atom. The Balaban J connectivity index is 1.69. The number of carbonyl (C=O) groups excluding carboxylic acids is 1. The molecule has 0 amide bonds. The smallest absolute Gasteiger partial charge is 0.337 e. The van der Waals surface area contributed by atoms with E-state index in [1.54, 1.807) is 12.1 Å². The average molecular weight is 427 g/mol. The molecule has 1 aliphatic rings. The van der Waals surface area contributed by atoms with Gasteiger partial charge < -0.3 is 4.74 Å². The normalized spacial score (nSPS) is 16.1. The molecule has 2 aromatic rings. The number of rotatable bonds is 5. The summed E-state index contributed by atoms with van der Waals surface area (Å²) in [6, 6.07) is 10.3. The van der Waals surface area contributed by atoms with Crippen LogP contribution in [0.3, 0.4) is 0 Å². The van der Waals surface area contributed by atoms with E-state index in [9.17, 15) is 17.6 Å². The van der Waals surface area contributed by atoms with Crippen molar-refractivity contribution in [3.8, 4) is 0 Å². The van der Waals surface area contributed by atoms with Crippen LogP contribution in [0.1, 0.15) is 15.9 Å². The lowest BCUT2D eigenvalue weighted by atomic mass is 10.2. The number of esters is 1. The number of nitrogens with zero attached hydrogens (tertiary/aromatic N) is 2. The van der Waals surface area contributed by atoms with E-state index in [1.165, 1.54) is 41.7 Å². The Labute approximate surface area is 168 Å². The third kappa shape index (κ3) is 4.35. The average Bonchev–Trinajstić information content (AvgIpc) is 2.70. The van der Waals surface area contributed by atoms with Crippen LogP contribution in [0.4, 0.5) is 4.39 Å². The molecule has 0 atom stereocenters. The molecule has 150 valence electrons. The van der Waals surface area contributed by atoms with Crippen molar-refractivity contribution >= 4 is 27.6 Å². The van der Waals surface area contributed by atoms with Gasteiger partial charge in [-0.1, -0.05) is 23.7 Å². The standard InChI is InChI=1S/C19H20ClFN2O4S/c1-27-19(24)14-4-2-5-15(12-14)28(25,26)23-10-8-22(9-11-23)13-16-17(20)6-3-7-18(16)21/h2-7,12H,8-11,13H2,1H3. The van der Waals surface area contributed by atoms with Crippen LogP contribution in [-0.4, -0.2) is 56.9 Å². The highest BCUT2D eigenvalue weighted by atomic mass is 35.5. The van der Waals surface area contributed by atoms with Gasteiger partial charge in [-0.25, -0.2) is 17.6 Å². The van der Waals surface area contributed by atoms with Crippen LogP contribution in [0.2, 0.25) is 5.02 Å². The molecular weight excluding hydrogens is 407 g/mol. The number of hydrogen-bond acceptors (Lipinski definition) is 5. The largest absolute Gasteiger partial charge is 0.465 e. The number of halogens is 2. The second kappa shape index (κ2) is 8.57. The summed E-state index contributed by atoms with van der Waals surface area (Å²) in [5, 5.41) is 0.356. The zero-order chi connectivity index (χ0) is 20.3. The SMILES string of the molecule is COC(=O)c1cccc(S(=O)(=O)N2CCN(Cc3c(F)cccc3Cl)CC2)c1. The minimum Gasteiger partial charge on any atom is -0.465 e. The summed E-state index contributed by atoms with van der Waals surface area (Å²) in [4.78, 5) is 13.7. The third-order valence-corrected chi connectivity index (χ3v) is 6.92. The van der Waals surface area contributed by atoms with Crippen molar-refractivity contribution < 1.29 is 22.3 Å². The van der Waals surface area contributed by atoms with Crippen molar-refractivity contribution in [1.29, 1.82) is 0 Å². The highest BCUT2D eigenvalue weighted by Gasteiger charge is 2.29. The van der Waals surface area contributed by atoms with E-state index in [0.717, 1.165) is 0 Å². The van der Waals surface area contributed by atoms with Crippen LogP contribution in [0.15, 0.2) is 47.4 Å². The maximum absolute atomic E-state index is 14.0. The van der Waals surface area contributed by atoms with Gasteiger partial charge in [0.2, 0.25) is 10.0 Å². The molecule has 3 rings (SSSR count). The number of methoxy groups -OCH3 is 1. The van der Waals surface area contributed by atoms with E-state index in [1.807, 2.05) is 4.90 Å². The van der Waals surface area contributed by atoms with Gasteiger partial charge in [0.15, 0.2) is 0 Å². The molecule has 0 bridgehead atoms. The molecule has 0 aromatic heterocycles. The van der Waals surface area contributed by atoms with Gasteiger partial charge in [-0.15, -0.1) is 0 Å². The van der Waals surface area contributed by atoms with Crippen molar-refractivity contribution in [2.45, 2.75) is 11.4 Å². The van der Waals surface area contributed by atoms with Gasteiger partial charge in [-0.2, -0.15) is 4.31 Å². The molecule has 0 aliphatic carbocycles. The van der Waals surface area contributed by atoms with Crippen molar-refractivity contribution in [3.63, 3.8) is 0 Å². The summed E-state index contributed by atoms with van der Waals surface area (Å²) >= 11 is 6.07. The maximum atomic E-state index is 14.0. The molecule has 1 aliphatic heterocycles. The molecule has 1 fully saturated rings. The first-order valence-corrected chi connectivity index (χ1v) is 10.5. The number of piperazine rings is 1. The van der Waals surface area contributed by atoms with Crippen LogP contribution >= 0.6 is 11.6 Å². The Kier molecular flexibility index (Phi) is 6.34. The predicted molar refractivity (Wildman–Crippen MR) is 103 cm³/mol. The van der Waals surface area contributed by atoms with Gasteiger partial charge in [-0.05, 0) is 30.3 Å². The lowest BCUT2D eigenvalue weighted by Crippen LogP contribution is -2.48. The Morgan fingerprint density at radius 3 is 2.46 bits per heavy atom. The molecule has 6 nitrogen and oxygen atoms in total. The lowest BCUT2D eigenvalue weighted by Gasteiger charge is -2.34. The topological polar surface area (TPSA) is 66.9 Å². The Hall–Kier alpha value is -2.00. The number of benzene rings is 2. The van der Waals surface area contributed by atoms with Gasteiger partial charge in [0.05, 0.1) is 17.6 Å². The second-order valence-electron chi connectivity index (χ2n) is 6.40. The van der Waals surface area contributed by atoms with Crippen LogP contribution in [0, 0.1) is 5.82 Å². The van der Waals surface area contributed by atoms with Gasteiger partial charge in [0.1, 0.15) is 5.82 Å². The first-order valence-electron chi connectivity index (χ1n) is 8.66. The summed E-state index contributed by atoms with van der Waals surface area (Å²) in [6.07, 6.45) is 0. The number of sulfonamides is 1. The molecule has 0 saturated carbocycles. The minimum atomic E-state index is -3.74. The fraction of sp³-hybridized carbons (Fsp3) is 0.316. The second-order valence-corrected chi connectivity index (χ2v) is 8.74. The summed E-state index contributed by atoms with van der Waals surface area (Å²) in [5.74, 6) is -0.967. The van der Waals surface area contributed by atoms with Crippen molar-refractivity contribution in [3.05, 3.63) is 64.4 Å². The Morgan fingerprint density at radius 1 is 1.14 bits per heavy atom. The first-order chi connectivity index (χ1) is 13.3. The maximum Gasteiger partial charge on any atom is 0.337 e. The van der Waals surface area contributed by atoms with E-state index in [0.29, 0.717) is 30.2 Å². The highest BCUT2D eigenvalue weighted by Crippen LogP contribution is 2.23. The van der Waals surface area contributed by atoms with E-state index in [4.69, 9.17) is 11.6 Å². The predicted octanol–water partition coefficient (Wildman–Crippen LogP) is 2.77.